The molecule has 3 rings (SSSR count). The second-order valence-electron chi connectivity index (χ2n) is 7.91. The predicted octanol–water partition coefficient (Wildman–Crippen LogP) is 2.94. The van der Waals surface area contributed by atoms with Crippen LogP contribution in [-0.4, -0.2) is 47.8 Å². The number of aromatic nitrogens is 1. The molecule has 0 aromatic carbocycles. The summed E-state index contributed by atoms with van der Waals surface area (Å²) in [6, 6.07) is 2.22. The van der Waals surface area contributed by atoms with Crippen molar-refractivity contribution in [1.82, 2.24) is 10.1 Å². The molecule has 1 amide bonds. The summed E-state index contributed by atoms with van der Waals surface area (Å²) in [6.45, 7) is 8.78. The van der Waals surface area contributed by atoms with Gasteiger partial charge in [-0.2, -0.15) is 0 Å². The van der Waals surface area contributed by atoms with Crippen molar-refractivity contribution in [1.29, 1.82) is 0 Å². The first-order valence-corrected chi connectivity index (χ1v) is 9.07. The maximum absolute atomic E-state index is 12.8. The average molecular weight is 335 g/mol. The van der Waals surface area contributed by atoms with E-state index in [-0.39, 0.29) is 17.4 Å². The van der Waals surface area contributed by atoms with Crippen molar-refractivity contribution < 1.29 is 14.1 Å². The number of carbonyl (C=O) groups excluding carboxylic acids is 1. The van der Waals surface area contributed by atoms with Crippen LogP contribution in [0.15, 0.2) is 10.6 Å². The molecule has 2 aliphatic heterocycles. The fraction of sp³-hybridized carbons (Fsp3) is 0.778. The van der Waals surface area contributed by atoms with Crippen LogP contribution in [-0.2, 0) is 14.9 Å². The van der Waals surface area contributed by atoms with E-state index in [0.29, 0.717) is 11.9 Å². The number of anilines is 1. The summed E-state index contributed by atoms with van der Waals surface area (Å²) in [7, 11) is 0. The van der Waals surface area contributed by atoms with Gasteiger partial charge in [-0.1, -0.05) is 32.3 Å². The van der Waals surface area contributed by atoms with E-state index in [1.54, 1.807) is 0 Å². The first kappa shape index (κ1) is 17.4. The Morgan fingerprint density at radius 3 is 2.67 bits per heavy atom. The number of hydrogen-bond donors (Lipinski definition) is 1. The molecular formula is C18H29N3O3. The van der Waals surface area contributed by atoms with Gasteiger partial charge in [0.25, 0.3) is 0 Å². The van der Waals surface area contributed by atoms with Crippen molar-refractivity contribution >= 4 is 11.7 Å². The lowest BCUT2D eigenvalue weighted by molar-refractivity contribution is -0.124. The Morgan fingerprint density at radius 1 is 1.25 bits per heavy atom. The number of hydrogen-bond acceptors (Lipinski definition) is 5. The molecule has 0 radical (unpaired) electrons. The quantitative estimate of drug-likeness (QED) is 0.920. The standard InChI is InChI=1S/C18H29N3O3/c1-18(2,3)15-12-16(20-24-15)19-17(22)14-6-4-5-9-21(14)13-7-10-23-11-8-13/h12-14H,4-11H2,1-3H3,(H,19,20,22). The summed E-state index contributed by atoms with van der Waals surface area (Å²) < 4.78 is 10.8. The Kier molecular flexibility index (Phi) is 5.25. The molecule has 2 aliphatic rings. The van der Waals surface area contributed by atoms with Gasteiger partial charge in [-0.25, -0.2) is 0 Å². The fourth-order valence-corrected chi connectivity index (χ4v) is 3.59. The number of ether oxygens (including phenoxy) is 1. The van der Waals surface area contributed by atoms with Gasteiger partial charge in [-0.15, -0.1) is 0 Å². The third kappa shape index (κ3) is 3.98. The van der Waals surface area contributed by atoms with Crippen molar-refractivity contribution in [2.24, 2.45) is 0 Å². The second kappa shape index (κ2) is 7.23. The molecule has 0 spiro atoms. The number of piperidine rings is 1. The lowest BCUT2D eigenvalue weighted by Gasteiger charge is -2.41. The molecule has 0 bridgehead atoms. The van der Waals surface area contributed by atoms with Crippen molar-refractivity contribution in [2.75, 3.05) is 25.1 Å². The maximum atomic E-state index is 12.8. The van der Waals surface area contributed by atoms with Crippen LogP contribution < -0.4 is 5.32 Å². The minimum Gasteiger partial charge on any atom is -0.381 e. The third-order valence-electron chi connectivity index (χ3n) is 5.01. The van der Waals surface area contributed by atoms with Crippen LogP contribution >= 0.6 is 0 Å². The number of nitrogens with zero attached hydrogens (tertiary/aromatic N) is 2. The van der Waals surface area contributed by atoms with Crippen LogP contribution in [0.4, 0.5) is 5.82 Å². The molecule has 1 atom stereocenters. The van der Waals surface area contributed by atoms with E-state index in [4.69, 9.17) is 9.26 Å². The Bertz CT molecular complexity index is 558. The molecule has 24 heavy (non-hydrogen) atoms. The van der Waals surface area contributed by atoms with E-state index in [0.717, 1.165) is 51.2 Å². The Morgan fingerprint density at radius 2 is 2.00 bits per heavy atom. The lowest BCUT2D eigenvalue weighted by Crippen LogP contribution is -2.53. The number of rotatable bonds is 3. The van der Waals surface area contributed by atoms with Gasteiger partial charge in [0.15, 0.2) is 5.82 Å². The van der Waals surface area contributed by atoms with Crippen LogP contribution in [0.1, 0.15) is 58.6 Å². The summed E-state index contributed by atoms with van der Waals surface area (Å²) in [5.74, 6) is 1.33. The van der Waals surface area contributed by atoms with Crippen molar-refractivity contribution in [3.63, 3.8) is 0 Å². The summed E-state index contributed by atoms with van der Waals surface area (Å²) in [5.41, 5.74) is -0.116. The number of nitrogens with one attached hydrogen (secondary N) is 1. The van der Waals surface area contributed by atoms with Crippen molar-refractivity contribution in [3.8, 4) is 0 Å². The molecule has 2 fully saturated rings. The number of carbonyl (C=O) groups is 1. The van der Waals surface area contributed by atoms with E-state index in [9.17, 15) is 4.79 Å². The van der Waals surface area contributed by atoms with Crippen LogP contribution in [0, 0.1) is 0 Å². The highest BCUT2D eigenvalue weighted by molar-refractivity contribution is 5.94. The molecular weight excluding hydrogens is 306 g/mol. The molecule has 6 nitrogen and oxygen atoms in total. The molecule has 0 saturated carbocycles. The molecule has 1 aromatic rings. The Labute approximate surface area is 143 Å². The minimum absolute atomic E-state index is 0.0370. The lowest BCUT2D eigenvalue weighted by atomic mass is 9.93. The topological polar surface area (TPSA) is 67.6 Å². The first-order chi connectivity index (χ1) is 11.4. The zero-order valence-electron chi connectivity index (χ0n) is 15.0. The predicted molar refractivity (Wildman–Crippen MR) is 92.0 cm³/mol. The zero-order valence-corrected chi connectivity index (χ0v) is 15.0. The highest BCUT2D eigenvalue weighted by atomic mass is 16.5. The summed E-state index contributed by atoms with van der Waals surface area (Å²) in [5, 5.41) is 6.97. The van der Waals surface area contributed by atoms with Crippen LogP contribution in [0.3, 0.4) is 0 Å². The average Bonchev–Trinajstić information content (AvgIpc) is 3.04. The third-order valence-corrected chi connectivity index (χ3v) is 5.01. The summed E-state index contributed by atoms with van der Waals surface area (Å²) >= 11 is 0. The van der Waals surface area contributed by atoms with Gasteiger partial charge in [-0.3, -0.25) is 9.69 Å². The van der Waals surface area contributed by atoms with Gasteiger partial charge in [0.1, 0.15) is 5.76 Å². The smallest absolute Gasteiger partial charge is 0.242 e. The SMILES string of the molecule is CC(C)(C)c1cc(NC(=O)C2CCCCN2C2CCOCC2)no1. The van der Waals surface area contributed by atoms with Gasteiger partial charge in [0, 0.05) is 30.7 Å². The second-order valence-corrected chi connectivity index (χ2v) is 7.91. The van der Waals surface area contributed by atoms with Gasteiger partial charge >= 0.3 is 0 Å². The van der Waals surface area contributed by atoms with E-state index >= 15 is 0 Å². The molecule has 2 saturated heterocycles. The van der Waals surface area contributed by atoms with Crippen LogP contribution in [0.2, 0.25) is 0 Å². The molecule has 1 aromatic heterocycles. The molecule has 1 N–H and O–H groups in total. The Hall–Kier alpha value is -1.40. The fourth-order valence-electron chi connectivity index (χ4n) is 3.59. The minimum atomic E-state index is -0.116. The first-order valence-electron chi connectivity index (χ1n) is 9.07. The Balaban J connectivity index is 1.66. The zero-order chi connectivity index (χ0) is 17.2. The van der Waals surface area contributed by atoms with E-state index in [2.05, 4.69) is 36.1 Å². The largest absolute Gasteiger partial charge is 0.381 e. The van der Waals surface area contributed by atoms with Crippen LogP contribution in [0.25, 0.3) is 0 Å². The van der Waals surface area contributed by atoms with E-state index in [1.807, 2.05) is 6.07 Å². The van der Waals surface area contributed by atoms with Crippen LogP contribution in [0.5, 0.6) is 0 Å². The highest BCUT2D eigenvalue weighted by Crippen LogP contribution is 2.27. The van der Waals surface area contributed by atoms with E-state index in [1.165, 1.54) is 6.42 Å². The maximum Gasteiger partial charge on any atom is 0.242 e. The van der Waals surface area contributed by atoms with E-state index < -0.39 is 0 Å². The summed E-state index contributed by atoms with van der Waals surface area (Å²) in [6.07, 6.45) is 5.21. The van der Waals surface area contributed by atoms with Crippen molar-refractivity contribution in [2.45, 2.75) is 70.4 Å². The summed E-state index contributed by atoms with van der Waals surface area (Å²) in [4.78, 5) is 15.2. The molecule has 1 unspecified atom stereocenters. The van der Waals surface area contributed by atoms with Crippen molar-refractivity contribution in [3.05, 3.63) is 11.8 Å². The molecule has 3 heterocycles. The van der Waals surface area contributed by atoms with Gasteiger partial charge in [0.05, 0.1) is 6.04 Å². The normalized spacial score (nSPS) is 24.0. The highest BCUT2D eigenvalue weighted by Gasteiger charge is 2.34. The number of amides is 1. The van der Waals surface area contributed by atoms with Gasteiger partial charge in [-0.05, 0) is 32.2 Å². The van der Waals surface area contributed by atoms with Gasteiger partial charge in [0.2, 0.25) is 5.91 Å². The monoisotopic (exact) mass is 335 g/mol. The molecule has 134 valence electrons. The molecule has 0 aliphatic carbocycles. The van der Waals surface area contributed by atoms with Gasteiger partial charge < -0.3 is 14.6 Å². The number of likely N-dealkylation sites (tertiary alicyclic amines) is 1. The molecule has 6 heteroatoms.